The van der Waals surface area contributed by atoms with Gasteiger partial charge in [-0.15, -0.1) is 6.58 Å². The average Bonchev–Trinajstić information content (AvgIpc) is 2.26. The van der Waals surface area contributed by atoms with E-state index in [-0.39, 0.29) is 16.4 Å². The van der Waals surface area contributed by atoms with E-state index in [1.165, 1.54) is 23.1 Å². The molecule has 0 radical (unpaired) electrons. The number of halogens is 1. The van der Waals surface area contributed by atoms with Gasteiger partial charge < -0.3 is 4.90 Å². The molecule has 0 heterocycles. The van der Waals surface area contributed by atoms with E-state index < -0.39 is 10.0 Å². The van der Waals surface area contributed by atoms with Crippen LogP contribution in [0.4, 0.5) is 0 Å². The van der Waals surface area contributed by atoms with Gasteiger partial charge in [0.2, 0.25) is 10.0 Å². The van der Waals surface area contributed by atoms with Gasteiger partial charge in [-0.1, -0.05) is 22.0 Å². The van der Waals surface area contributed by atoms with Crippen LogP contribution in [-0.4, -0.2) is 32.8 Å². The summed E-state index contributed by atoms with van der Waals surface area (Å²) in [5.74, 6) is -0.305. The van der Waals surface area contributed by atoms with Crippen molar-refractivity contribution >= 4 is 31.9 Å². The second-order valence-corrected chi connectivity index (χ2v) is 6.17. The minimum atomic E-state index is -3.84. The molecule has 0 atom stereocenters. The minimum Gasteiger partial charge on any atom is -0.338 e. The Kier molecular flexibility index (Phi) is 4.66. The van der Waals surface area contributed by atoms with Gasteiger partial charge in [0.1, 0.15) is 0 Å². The van der Waals surface area contributed by atoms with E-state index in [0.29, 0.717) is 11.0 Å². The van der Waals surface area contributed by atoms with Gasteiger partial charge in [-0.2, -0.15) is 0 Å². The standard InChI is InChI=1S/C11H13BrN2O3S/c1-3-4-14(2)11(15)8-5-9(12)7-10(6-8)18(13,16)17/h3,5-7H,1,4H2,2H3,(H2,13,16,17). The highest BCUT2D eigenvalue weighted by Crippen LogP contribution is 2.19. The molecule has 5 nitrogen and oxygen atoms in total. The number of nitrogens with two attached hydrogens (primary N) is 1. The molecule has 98 valence electrons. The largest absolute Gasteiger partial charge is 0.338 e. The quantitative estimate of drug-likeness (QED) is 0.845. The number of nitrogens with zero attached hydrogens (tertiary/aromatic N) is 1. The number of carbonyl (C=O) groups excluding carboxylic acids is 1. The third-order valence-corrected chi connectivity index (χ3v) is 3.55. The Hall–Kier alpha value is -1.18. The van der Waals surface area contributed by atoms with Crippen molar-refractivity contribution in [2.24, 2.45) is 5.14 Å². The molecule has 0 fully saturated rings. The Morgan fingerprint density at radius 3 is 2.61 bits per heavy atom. The van der Waals surface area contributed by atoms with Crippen molar-refractivity contribution in [1.82, 2.24) is 4.90 Å². The number of likely N-dealkylation sites (N-methyl/N-ethyl adjacent to an activating group) is 1. The Labute approximate surface area is 114 Å². The zero-order valence-corrected chi connectivity index (χ0v) is 12.2. The van der Waals surface area contributed by atoms with Crippen molar-refractivity contribution in [3.05, 3.63) is 40.9 Å². The maximum atomic E-state index is 12.0. The Morgan fingerprint density at radius 2 is 2.11 bits per heavy atom. The van der Waals surface area contributed by atoms with Crippen molar-refractivity contribution in [2.75, 3.05) is 13.6 Å². The molecule has 0 aliphatic rings. The van der Waals surface area contributed by atoms with Gasteiger partial charge in [0, 0.05) is 23.6 Å². The number of hydrogen-bond donors (Lipinski definition) is 1. The molecule has 1 amide bonds. The summed E-state index contributed by atoms with van der Waals surface area (Å²) < 4.78 is 23.0. The maximum absolute atomic E-state index is 12.0. The summed E-state index contributed by atoms with van der Waals surface area (Å²) in [6.07, 6.45) is 1.58. The molecule has 1 aromatic rings. The third-order valence-electron chi connectivity index (χ3n) is 2.20. The number of hydrogen-bond acceptors (Lipinski definition) is 3. The fourth-order valence-corrected chi connectivity index (χ4v) is 2.57. The molecule has 2 N–H and O–H groups in total. The maximum Gasteiger partial charge on any atom is 0.253 e. The molecule has 0 aromatic heterocycles. The van der Waals surface area contributed by atoms with E-state index in [4.69, 9.17) is 5.14 Å². The van der Waals surface area contributed by atoms with E-state index in [2.05, 4.69) is 22.5 Å². The van der Waals surface area contributed by atoms with E-state index >= 15 is 0 Å². The molecular formula is C11H13BrN2O3S. The van der Waals surface area contributed by atoms with Gasteiger partial charge in [-0.05, 0) is 18.2 Å². The lowest BCUT2D eigenvalue weighted by molar-refractivity contribution is 0.0810. The predicted molar refractivity (Wildman–Crippen MR) is 72.7 cm³/mol. The first-order valence-electron chi connectivity index (χ1n) is 4.95. The molecule has 1 rings (SSSR count). The Bertz CT molecular complexity index is 584. The van der Waals surface area contributed by atoms with Crippen LogP contribution in [0.1, 0.15) is 10.4 Å². The van der Waals surface area contributed by atoms with Crippen LogP contribution in [0.3, 0.4) is 0 Å². The van der Waals surface area contributed by atoms with E-state index in [1.807, 2.05) is 0 Å². The van der Waals surface area contributed by atoms with Crippen LogP contribution in [0.5, 0.6) is 0 Å². The van der Waals surface area contributed by atoms with Gasteiger partial charge >= 0.3 is 0 Å². The van der Waals surface area contributed by atoms with Gasteiger partial charge in [0.05, 0.1) is 4.90 Å². The van der Waals surface area contributed by atoms with Gasteiger partial charge in [-0.25, -0.2) is 13.6 Å². The Morgan fingerprint density at radius 1 is 1.50 bits per heavy atom. The predicted octanol–water partition coefficient (Wildman–Crippen LogP) is 1.35. The molecule has 0 spiro atoms. The monoisotopic (exact) mass is 332 g/mol. The highest BCUT2D eigenvalue weighted by molar-refractivity contribution is 9.10. The summed E-state index contributed by atoms with van der Waals surface area (Å²) in [7, 11) is -2.24. The van der Waals surface area contributed by atoms with Crippen LogP contribution < -0.4 is 5.14 Å². The molecule has 0 unspecified atom stereocenters. The first-order chi connectivity index (χ1) is 8.25. The number of amides is 1. The zero-order chi connectivity index (χ0) is 13.9. The van der Waals surface area contributed by atoms with Crippen LogP contribution in [0.15, 0.2) is 40.2 Å². The summed E-state index contributed by atoms with van der Waals surface area (Å²) in [6.45, 7) is 3.90. The summed E-state index contributed by atoms with van der Waals surface area (Å²) >= 11 is 3.15. The van der Waals surface area contributed by atoms with Gasteiger partial charge in [0.15, 0.2) is 0 Å². The second-order valence-electron chi connectivity index (χ2n) is 3.69. The molecule has 18 heavy (non-hydrogen) atoms. The average molecular weight is 333 g/mol. The molecule has 0 bridgehead atoms. The van der Waals surface area contributed by atoms with Crippen LogP contribution in [-0.2, 0) is 10.0 Å². The molecular weight excluding hydrogens is 320 g/mol. The van der Waals surface area contributed by atoms with Crippen molar-refractivity contribution in [1.29, 1.82) is 0 Å². The zero-order valence-electron chi connectivity index (χ0n) is 9.76. The van der Waals surface area contributed by atoms with E-state index in [0.717, 1.165) is 0 Å². The fourth-order valence-electron chi connectivity index (χ4n) is 1.35. The number of rotatable bonds is 4. The van der Waals surface area contributed by atoms with E-state index in [9.17, 15) is 13.2 Å². The number of primary sulfonamides is 1. The molecule has 0 aliphatic heterocycles. The highest BCUT2D eigenvalue weighted by atomic mass is 79.9. The summed E-state index contributed by atoms with van der Waals surface area (Å²) in [5, 5.41) is 5.04. The first-order valence-corrected chi connectivity index (χ1v) is 7.29. The highest BCUT2D eigenvalue weighted by Gasteiger charge is 2.16. The number of sulfonamides is 1. The van der Waals surface area contributed by atoms with E-state index in [1.54, 1.807) is 13.1 Å². The van der Waals surface area contributed by atoms with Crippen LogP contribution in [0.25, 0.3) is 0 Å². The summed E-state index contributed by atoms with van der Waals surface area (Å²) in [6, 6.07) is 4.14. The lowest BCUT2D eigenvalue weighted by atomic mass is 10.2. The molecule has 7 heteroatoms. The van der Waals surface area contributed by atoms with Crippen molar-refractivity contribution in [2.45, 2.75) is 4.90 Å². The topological polar surface area (TPSA) is 80.5 Å². The molecule has 1 aromatic carbocycles. The van der Waals surface area contributed by atoms with Gasteiger partial charge in [0.25, 0.3) is 5.91 Å². The SMILES string of the molecule is C=CCN(C)C(=O)c1cc(Br)cc(S(N)(=O)=O)c1. The van der Waals surface area contributed by atoms with Gasteiger partial charge in [-0.3, -0.25) is 4.79 Å². The van der Waals surface area contributed by atoms with Crippen LogP contribution in [0, 0.1) is 0 Å². The van der Waals surface area contributed by atoms with Crippen LogP contribution in [0.2, 0.25) is 0 Å². The first kappa shape index (κ1) is 14.9. The molecule has 0 saturated heterocycles. The summed E-state index contributed by atoms with van der Waals surface area (Å²) in [4.78, 5) is 13.3. The molecule has 0 saturated carbocycles. The Balaban J connectivity index is 3.22. The van der Waals surface area contributed by atoms with Crippen molar-refractivity contribution in [3.63, 3.8) is 0 Å². The fraction of sp³-hybridized carbons (Fsp3) is 0.182. The van der Waals surface area contributed by atoms with Crippen molar-refractivity contribution in [3.8, 4) is 0 Å². The smallest absolute Gasteiger partial charge is 0.253 e. The molecule has 0 aliphatic carbocycles. The number of carbonyl (C=O) groups is 1. The summed E-state index contributed by atoms with van der Waals surface area (Å²) in [5.41, 5.74) is 0.248. The second kappa shape index (κ2) is 5.64. The lowest BCUT2D eigenvalue weighted by Crippen LogP contribution is -2.27. The van der Waals surface area contributed by atoms with Crippen LogP contribution >= 0.6 is 15.9 Å². The minimum absolute atomic E-state index is 0.104. The lowest BCUT2D eigenvalue weighted by Gasteiger charge is -2.15. The third kappa shape index (κ3) is 3.66. The normalized spacial score (nSPS) is 11.1. The number of benzene rings is 1. The van der Waals surface area contributed by atoms with Crippen molar-refractivity contribution < 1.29 is 13.2 Å².